The largest absolute Gasteiger partial charge is 0.497 e. The number of carbonyl (C=O) groups excluding carboxylic acids is 1. The molecule has 0 atom stereocenters. The van der Waals surface area contributed by atoms with Gasteiger partial charge in [-0.3, -0.25) is 4.79 Å². The van der Waals surface area contributed by atoms with Gasteiger partial charge >= 0.3 is 0 Å². The number of hydrogen-bond acceptors (Lipinski definition) is 2. The van der Waals surface area contributed by atoms with Crippen molar-refractivity contribution in [2.75, 3.05) is 12.4 Å². The molecule has 0 aliphatic heterocycles. The third kappa shape index (κ3) is 3.05. The Morgan fingerprint density at radius 3 is 2.35 bits per heavy atom. The zero-order valence-corrected chi connectivity index (χ0v) is 11.2. The lowest BCUT2D eigenvalue weighted by Crippen LogP contribution is -2.13. The summed E-state index contributed by atoms with van der Waals surface area (Å²) in [5.74, 6) is -2.22. The maximum Gasteiger partial charge on any atom is 0.257 e. The predicted octanol–water partition coefficient (Wildman–Crippen LogP) is 3.88. The van der Waals surface area contributed by atoms with Crippen molar-refractivity contribution in [3.05, 3.63) is 58.6 Å². The Kier molecular flexibility index (Phi) is 4.20. The van der Waals surface area contributed by atoms with Gasteiger partial charge in [0.05, 0.1) is 17.7 Å². The summed E-state index contributed by atoms with van der Waals surface area (Å²) in [6.45, 7) is 0. The van der Waals surface area contributed by atoms with Gasteiger partial charge in [-0.15, -0.1) is 0 Å². The Balaban J connectivity index is 2.21. The van der Waals surface area contributed by atoms with Gasteiger partial charge in [0, 0.05) is 5.69 Å². The minimum absolute atomic E-state index is 0.138. The molecule has 2 aromatic rings. The summed E-state index contributed by atoms with van der Waals surface area (Å²) in [5.41, 5.74) is 0.345. The van der Waals surface area contributed by atoms with Crippen molar-refractivity contribution >= 4 is 23.2 Å². The molecule has 0 saturated carbocycles. The smallest absolute Gasteiger partial charge is 0.257 e. The van der Waals surface area contributed by atoms with Crippen molar-refractivity contribution in [2.45, 2.75) is 0 Å². The lowest BCUT2D eigenvalue weighted by molar-refractivity contribution is 0.102. The van der Waals surface area contributed by atoms with Gasteiger partial charge in [0.15, 0.2) is 11.6 Å². The first-order chi connectivity index (χ1) is 9.51. The molecular formula is C14H10ClF2NO2. The van der Waals surface area contributed by atoms with Crippen LogP contribution in [0.2, 0.25) is 5.02 Å². The average Bonchev–Trinajstić information content (AvgIpc) is 2.43. The summed E-state index contributed by atoms with van der Waals surface area (Å²) in [7, 11) is 1.52. The molecule has 0 aliphatic carbocycles. The van der Waals surface area contributed by atoms with Crippen LogP contribution in [-0.2, 0) is 0 Å². The van der Waals surface area contributed by atoms with Gasteiger partial charge in [-0.05, 0) is 36.4 Å². The fraction of sp³-hybridized carbons (Fsp3) is 0.0714. The number of benzene rings is 2. The Morgan fingerprint density at radius 1 is 1.15 bits per heavy atom. The summed E-state index contributed by atoms with van der Waals surface area (Å²) in [6.07, 6.45) is 0. The highest BCUT2D eigenvalue weighted by Gasteiger charge is 2.15. The molecule has 0 saturated heterocycles. The molecule has 0 aliphatic rings. The topological polar surface area (TPSA) is 38.3 Å². The monoisotopic (exact) mass is 297 g/mol. The highest BCUT2D eigenvalue weighted by molar-refractivity contribution is 6.34. The summed E-state index contributed by atoms with van der Waals surface area (Å²) in [5, 5.41) is 2.37. The molecule has 2 aromatic carbocycles. The van der Waals surface area contributed by atoms with Gasteiger partial charge in [-0.1, -0.05) is 11.6 Å². The maximum absolute atomic E-state index is 13.1. The van der Waals surface area contributed by atoms with Crippen LogP contribution < -0.4 is 10.1 Å². The fourth-order valence-corrected chi connectivity index (χ4v) is 1.81. The minimum Gasteiger partial charge on any atom is -0.497 e. The molecular weight excluding hydrogens is 288 g/mol. The third-order valence-electron chi connectivity index (χ3n) is 2.60. The van der Waals surface area contributed by atoms with Crippen LogP contribution in [0.4, 0.5) is 14.5 Å². The minimum atomic E-state index is -1.13. The van der Waals surface area contributed by atoms with Crippen molar-refractivity contribution in [3.8, 4) is 5.75 Å². The van der Waals surface area contributed by atoms with E-state index >= 15 is 0 Å². The van der Waals surface area contributed by atoms with Crippen LogP contribution in [0.5, 0.6) is 5.75 Å². The first kappa shape index (κ1) is 14.3. The second-order valence-electron chi connectivity index (χ2n) is 3.93. The zero-order valence-electron chi connectivity index (χ0n) is 10.4. The SMILES string of the molecule is COc1ccc(NC(=O)c2cc(F)c(F)cc2Cl)cc1. The molecule has 0 radical (unpaired) electrons. The molecule has 1 N–H and O–H groups in total. The van der Waals surface area contributed by atoms with Gasteiger partial charge in [0.25, 0.3) is 5.91 Å². The van der Waals surface area contributed by atoms with E-state index in [-0.39, 0.29) is 10.6 Å². The predicted molar refractivity (Wildman–Crippen MR) is 72.3 cm³/mol. The lowest BCUT2D eigenvalue weighted by atomic mass is 10.2. The lowest BCUT2D eigenvalue weighted by Gasteiger charge is -2.08. The number of carbonyl (C=O) groups is 1. The molecule has 0 fully saturated rings. The van der Waals surface area contributed by atoms with Crippen LogP contribution in [0.25, 0.3) is 0 Å². The van der Waals surface area contributed by atoms with Gasteiger partial charge in [0.1, 0.15) is 5.75 Å². The Morgan fingerprint density at radius 2 is 1.75 bits per heavy atom. The summed E-state index contributed by atoms with van der Waals surface area (Å²) in [6, 6.07) is 8.07. The van der Waals surface area contributed by atoms with Crippen molar-refractivity contribution in [1.29, 1.82) is 0 Å². The van der Waals surface area contributed by atoms with E-state index in [0.717, 1.165) is 12.1 Å². The molecule has 20 heavy (non-hydrogen) atoms. The molecule has 0 spiro atoms. The number of methoxy groups -OCH3 is 1. The standard InChI is InChI=1S/C14H10ClF2NO2/c1-20-9-4-2-8(3-5-9)18-14(19)10-6-12(16)13(17)7-11(10)15/h2-7H,1H3,(H,18,19). The van der Waals surface area contributed by atoms with Crippen molar-refractivity contribution in [3.63, 3.8) is 0 Å². The van der Waals surface area contributed by atoms with Gasteiger partial charge in [-0.25, -0.2) is 8.78 Å². The number of rotatable bonds is 3. The van der Waals surface area contributed by atoms with Crippen molar-refractivity contribution < 1.29 is 18.3 Å². The van der Waals surface area contributed by atoms with E-state index in [1.165, 1.54) is 7.11 Å². The molecule has 104 valence electrons. The number of hydrogen-bond donors (Lipinski definition) is 1. The van der Waals surface area contributed by atoms with Crippen LogP contribution >= 0.6 is 11.6 Å². The van der Waals surface area contributed by atoms with Crippen molar-refractivity contribution in [1.82, 2.24) is 0 Å². The Labute approximate surface area is 119 Å². The van der Waals surface area contributed by atoms with Crippen LogP contribution in [0, 0.1) is 11.6 Å². The first-order valence-corrected chi connectivity index (χ1v) is 5.99. The molecule has 0 aromatic heterocycles. The van der Waals surface area contributed by atoms with Crippen LogP contribution in [0.3, 0.4) is 0 Å². The summed E-state index contributed by atoms with van der Waals surface area (Å²) < 4.78 is 31.0. The number of amides is 1. The van der Waals surface area contributed by atoms with Gasteiger partial charge in [0.2, 0.25) is 0 Å². The normalized spacial score (nSPS) is 10.2. The molecule has 0 unspecified atom stereocenters. The molecule has 6 heteroatoms. The molecule has 1 amide bonds. The summed E-state index contributed by atoms with van der Waals surface area (Å²) in [4.78, 5) is 11.9. The van der Waals surface area contributed by atoms with E-state index in [4.69, 9.17) is 16.3 Å². The quantitative estimate of drug-likeness (QED) is 0.873. The number of ether oxygens (including phenoxy) is 1. The average molecular weight is 298 g/mol. The number of anilines is 1. The van der Waals surface area contributed by atoms with Crippen LogP contribution in [0.15, 0.2) is 36.4 Å². The van der Waals surface area contributed by atoms with E-state index in [9.17, 15) is 13.6 Å². The van der Waals surface area contributed by atoms with E-state index in [0.29, 0.717) is 11.4 Å². The first-order valence-electron chi connectivity index (χ1n) is 5.61. The van der Waals surface area contributed by atoms with E-state index in [1.807, 2.05) is 0 Å². The van der Waals surface area contributed by atoms with Gasteiger partial charge in [-0.2, -0.15) is 0 Å². The van der Waals surface area contributed by atoms with E-state index < -0.39 is 17.5 Å². The third-order valence-corrected chi connectivity index (χ3v) is 2.92. The Hall–Kier alpha value is -2.14. The number of nitrogens with one attached hydrogen (secondary N) is 1. The molecule has 3 nitrogen and oxygen atoms in total. The van der Waals surface area contributed by atoms with Crippen LogP contribution in [-0.4, -0.2) is 13.0 Å². The highest BCUT2D eigenvalue weighted by Crippen LogP contribution is 2.22. The fourth-order valence-electron chi connectivity index (χ4n) is 1.57. The maximum atomic E-state index is 13.1. The summed E-state index contributed by atoms with van der Waals surface area (Å²) >= 11 is 5.72. The van der Waals surface area contributed by atoms with Crippen molar-refractivity contribution in [2.24, 2.45) is 0 Å². The highest BCUT2D eigenvalue weighted by atomic mass is 35.5. The second-order valence-corrected chi connectivity index (χ2v) is 4.34. The molecule has 0 heterocycles. The van der Waals surface area contributed by atoms with Gasteiger partial charge < -0.3 is 10.1 Å². The Bertz CT molecular complexity index is 644. The zero-order chi connectivity index (χ0) is 14.7. The molecule has 0 bridgehead atoms. The van der Waals surface area contributed by atoms with E-state index in [1.54, 1.807) is 24.3 Å². The molecule has 2 rings (SSSR count). The van der Waals surface area contributed by atoms with Crippen LogP contribution in [0.1, 0.15) is 10.4 Å². The van der Waals surface area contributed by atoms with E-state index in [2.05, 4.69) is 5.32 Å². The second kappa shape index (κ2) is 5.88. The number of halogens is 3.